The minimum absolute atomic E-state index is 0.416. The zero-order valence-corrected chi connectivity index (χ0v) is 12.0. The highest BCUT2D eigenvalue weighted by Gasteiger charge is 2.11. The zero-order chi connectivity index (χ0) is 12.8. The van der Waals surface area contributed by atoms with Crippen molar-refractivity contribution >= 4 is 22.9 Å². The minimum Gasteiger partial charge on any atom is -0.314 e. The van der Waals surface area contributed by atoms with Crippen molar-refractivity contribution in [1.29, 1.82) is 0 Å². The molecule has 18 heavy (non-hydrogen) atoms. The van der Waals surface area contributed by atoms with Crippen LogP contribution in [0.2, 0.25) is 4.34 Å². The Kier molecular flexibility index (Phi) is 5.17. The van der Waals surface area contributed by atoms with E-state index < -0.39 is 0 Å². The molecule has 1 atom stereocenters. The van der Waals surface area contributed by atoms with Crippen LogP contribution in [0.5, 0.6) is 0 Å². The Bertz CT molecular complexity index is 470. The number of pyridine rings is 1. The summed E-state index contributed by atoms with van der Waals surface area (Å²) in [5.41, 5.74) is 1.13. The van der Waals surface area contributed by atoms with Crippen LogP contribution in [0.4, 0.5) is 0 Å². The van der Waals surface area contributed by atoms with Crippen LogP contribution in [0, 0.1) is 0 Å². The van der Waals surface area contributed by atoms with Crippen LogP contribution in [-0.4, -0.2) is 17.6 Å². The van der Waals surface area contributed by atoms with Crippen molar-refractivity contribution in [2.75, 3.05) is 6.54 Å². The summed E-state index contributed by atoms with van der Waals surface area (Å²) in [6.07, 6.45) is 3.80. The molecule has 1 unspecified atom stereocenters. The number of hydrogen-bond acceptors (Lipinski definition) is 3. The molecule has 0 aliphatic carbocycles. The van der Waals surface area contributed by atoms with E-state index in [2.05, 4.69) is 29.4 Å². The van der Waals surface area contributed by atoms with Crippen molar-refractivity contribution in [3.63, 3.8) is 0 Å². The number of rotatable bonds is 6. The second-order valence-electron chi connectivity index (χ2n) is 4.19. The maximum Gasteiger partial charge on any atom is 0.0931 e. The molecular formula is C14H17ClN2S. The predicted molar refractivity (Wildman–Crippen MR) is 78.4 cm³/mol. The van der Waals surface area contributed by atoms with Crippen molar-refractivity contribution in [2.45, 2.75) is 25.8 Å². The average molecular weight is 281 g/mol. The Morgan fingerprint density at radius 3 is 2.78 bits per heavy atom. The summed E-state index contributed by atoms with van der Waals surface area (Å²) in [7, 11) is 0. The van der Waals surface area contributed by atoms with Crippen LogP contribution in [0.1, 0.15) is 17.5 Å². The van der Waals surface area contributed by atoms with Gasteiger partial charge in [-0.05, 0) is 37.2 Å². The van der Waals surface area contributed by atoms with Crippen molar-refractivity contribution in [1.82, 2.24) is 10.3 Å². The standard InChI is InChI=1S/C14H17ClN2S/c1-2-16-12(9-11-5-3-4-8-17-11)10-13-6-7-14(15)18-13/h3-8,12,16H,2,9-10H2,1H3. The third kappa shape index (κ3) is 4.09. The van der Waals surface area contributed by atoms with Gasteiger partial charge in [-0.25, -0.2) is 0 Å². The molecular weight excluding hydrogens is 264 g/mol. The molecule has 2 heterocycles. The fourth-order valence-corrected chi connectivity index (χ4v) is 3.15. The topological polar surface area (TPSA) is 24.9 Å². The predicted octanol–water partition coefficient (Wildman–Crippen LogP) is 3.56. The number of nitrogens with zero attached hydrogens (tertiary/aromatic N) is 1. The Hall–Kier alpha value is -0.900. The molecule has 96 valence electrons. The van der Waals surface area contributed by atoms with Crippen LogP contribution >= 0.6 is 22.9 Å². The van der Waals surface area contributed by atoms with Gasteiger partial charge < -0.3 is 5.32 Å². The van der Waals surface area contributed by atoms with E-state index >= 15 is 0 Å². The molecule has 0 fully saturated rings. The van der Waals surface area contributed by atoms with Gasteiger partial charge in [0, 0.05) is 29.2 Å². The largest absolute Gasteiger partial charge is 0.314 e. The normalized spacial score (nSPS) is 12.6. The Labute approximate surface area is 117 Å². The molecule has 0 saturated heterocycles. The molecule has 2 aromatic heterocycles. The lowest BCUT2D eigenvalue weighted by Gasteiger charge is -2.16. The molecule has 0 radical (unpaired) electrons. The fraction of sp³-hybridized carbons (Fsp3) is 0.357. The molecule has 2 nitrogen and oxygen atoms in total. The summed E-state index contributed by atoms with van der Waals surface area (Å²) >= 11 is 7.62. The van der Waals surface area contributed by atoms with Gasteiger partial charge in [-0.15, -0.1) is 11.3 Å². The Morgan fingerprint density at radius 1 is 1.28 bits per heavy atom. The molecule has 2 rings (SSSR count). The fourth-order valence-electron chi connectivity index (χ4n) is 1.98. The third-order valence-corrected chi connectivity index (χ3v) is 4.00. The first kappa shape index (κ1) is 13.5. The monoisotopic (exact) mass is 280 g/mol. The molecule has 0 spiro atoms. The van der Waals surface area contributed by atoms with Crippen molar-refractivity contribution in [2.24, 2.45) is 0 Å². The molecule has 0 saturated carbocycles. The van der Waals surface area contributed by atoms with Crippen LogP contribution in [-0.2, 0) is 12.8 Å². The summed E-state index contributed by atoms with van der Waals surface area (Å²) in [6, 6.07) is 10.5. The number of thiophene rings is 1. The molecule has 0 aromatic carbocycles. The lowest BCUT2D eigenvalue weighted by Crippen LogP contribution is -2.33. The Balaban J connectivity index is 1.99. The first-order valence-corrected chi connectivity index (χ1v) is 7.35. The summed E-state index contributed by atoms with van der Waals surface area (Å²) < 4.78 is 0.859. The number of nitrogens with one attached hydrogen (secondary N) is 1. The first-order chi connectivity index (χ1) is 8.78. The highest BCUT2D eigenvalue weighted by atomic mass is 35.5. The van der Waals surface area contributed by atoms with Gasteiger partial charge in [0.15, 0.2) is 0 Å². The molecule has 0 amide bonds. The lowest BCUT2D eigenvalue weighted by molar-refractivity contribution is 0.519. The second-order valence-corrected chi connectivity index (χ2v) is 5.99. The van der Waals surface area contributed by atoms with E-state index in [1.165, 1.54) is 4.88 Å². The smallest absolute Gasteiger partial charge is 0.0931 e. The third-order valence-electron chi connectivity index (χ3n) is 2.75. The van der Waals surface area contributed by atoms with E-state index in [9.17, 15) is 0 Å². The van der Waals surface area contributed by atoms with E-state index in [-0.39, 0.29) is 0 Å². The van der Waals surface area contributed by atoms with Crippen molar-refractivity contribution in [3.8, 4) is 0 Å². The zero-order valence-electron chi connectivity index (χ0n) is 10.4. The van der Waals surface area contributed by atoms with Crippen LogP contribution in [0.25, 0.3) is 0 Å². The maximum atomic E-state index is 5.97. The number of aromatic nitrogens is 1. The number of hydrogen-bond donors (Lipinski definition) is 1. The van der Waals surface area contributed by atoms with Crippen molar-refractivity contribution < 1.29 is 0 Å². The highest BCUT2D eigenvalue weighted by Crippen LogP contribution is 2.23. The maximum absolute atomic E-state index is 5.97. The number of halogens is 1. The molecule has 0 aliphatic heterocycles. The van der Waals surface area contributed by atoms with Crippen molar-refractivity contribution in [3.05, 3.63) is 51.4 Å². The van der Waals surface area contributed by atoms with E-state index in [0.29, 0.717) is 6.04 Å². The van der Waals surface area contributed by atoms with Gasteiger partial charge in [0.05, 0.1) is 4.34 Å². The molecule has 1 N–H and O–H groups in total. The summed E-state index contributed by atoms with van der Waals surface area (Å²) in [6.45, 7) is 3.10. The van der Waals surface area contributed by atoms with Gasteiger partial charge in [-0.2, -0.15) is 0 Å². The molecule has 2 aromatic rings. The van der Waals surface area contributed by atoms with E-state index in [1.54, 1.807) is 11.3 Å². The van der Waals surface area contributed by atoms with E-state index in [4.69, 9.17) is 11.6 Å². The van der Waals surface area contributed by atoms with Gasteiger partial charge in [0.1, 0.15) is 0 Å². The van der Waals surface area contributed by atoms with Gasteiger partial charge in [0.2, 0.25) is 0 Å². The minimum atomic E-state index is 0.416. The highest BCUT2D eigenvalue weighted by molar-refractivity contribution is 7.16. The Morgan fingerprint density at radius 2 is 2.17 bits per heavy atom. The SMILES string of the molecule is CCNC(Cc1ccccn1)Cc1ccc(Cl)s1. The van der Waals surface area contributed by atoms with Crippen LogP contribution < -0.4 is 5.32 Å². The number of likely N-dealkylation sites (N-methyl/N-ethyl adjacent to an activating group) is 1. The molecule has 0 aliphatic rings. The van der Waals surface area contributed by atoms with E-state index in [1.807, 2.05) is 24.4 Å². The summed E-state index contributed by atoms with van der Waals surface area (Å²) in [4.78, 5) is 5.71. The second kappa shape index (κ2) is 6.88. The van der Waals surface area contributed by atoms with Gasteiger partial charge >= 0.3 is 0 Å². The first-order valence-electron chi connectivity index (χ1n) is 6.15. The molecule has 4 heteroatoms. The van der Waals surface area contributed by atoms with Crippen LogP contribution in [0.15, 0.2) is 36.5 Å². The lowest BCUT2D eigenvalue weighted by atomic mass is 10.1. The van der Waals surface area contributed by atoms with Crippen LogP contribution in [0.3, 0.4) is 0 Å². The van der Waals surface area contributed by atoms with Gasteiger partial charge in [-0.3, -0.25) is 4.98 Å². The quantitative estimate of drug-likeness (QED) is 0.875. The summed E-state index contributed by atoms with van der Waals surface area (Å²) in [5.74, 6) is 0. The van der Waals surface area contributed by atoms with Gasteiger partial charge in [-0.1, -0.05) is 24.6 Å². The van der Waals surface area contributed by atoms with Gasteiger partial charge in [0.25, 0.3) is 0 Å². The van der Waals surface area contributed by atoms with E-state index in [0.717, 1.165) is 29.4 Å². The average Bonchev–Trinajstić information content (AvgIpc) is 2.76. The molecule has 0 bridgehead atoms. The summed E-state index contributed by atoms with van der Waals surface area (Å²) in [5, 5.41) is 3.51.